The molecular weight excluding hydrogens is 330 g/mol. The smallest absolute Gasteiger partial charge is 0.335 e. The molecule has 0 saturated carbocycles. The summed E-state index contributed by atoms with van der Waals surface area (Å²) in [6.07, 6.45) is 1.74. The van der Waals surface area contributed by atoms with Crippen molar-refractivity contribution >= 4 is 15.7 Å². The number of benzene rings is 1. The van der Waals surface area contributed by atoms with Gasteiger partial charge in [-0.2, -0.15) is 0 Å². The van der Waals surface area contributed by atoms with Crippen LogP contribution >= 0.6 is 0 Å². The van der Waals surface area contributed by atoms with Crippen molar-refractivity contribution in [3.05, 3.63) is 41.3 Å². The number of hydrogen-bond acceptors (Lipinski definition) is 6. The van der Waals surface area contributed by atoms with Crippen LogP contribution in [0.1, 0.15) is 48.1 Å². The Kier molecular flexibility index (Phi) is 5.38. The molecule has 7 nitrogen and oxygen atoms in total. The van der Waals surface area contributed by atoms with E-state index in [0.717, 1.165) is 18.2 Å². The van der Waals surface area contributed by atoms with E-state index >= 15 is 0 Å². The van der Waals surface area contributed by atoms with Gasteiger partial charge in [0.05, 0.1) is 0 Å². The van der Waals surface area contributed by atoms with Crippen molar-refractivity contribution < 1.29 is 17.6 Å². The number of nitrogens with one attached hydrogen (secondary N) is 1. The van der Waals surface area contributed by atoms with Crippen molar-refractivity contribution in [1.82, 2.24) is 15.5 Å². The van der Waals surface area contributed by atoms with Gasteiger partial charge in [-0.05, 0) is 24.5 Å². The summed E-state index contributed by atoms with van der Waals surface area (Å²) in [4.78, 5) is 12.6. The molecule has 2 atom stereocenters. The molecule has 130 valence electrons. The predicted octanol–water partition coefficient (Wildman–Crippen LogP) is 2.30. The topological polar surface area (TPSA) is 102 Å². The van der Waals surface area contributed by atoms with Gasteiger partial charge >= 0.3 is 5.22 Å². The largest absolute Gasteiger partial charge is 0.410 e. The summed E-state index contributed by atoms with van der Waals surface area (Å²) < 4.78 is 28.3. The average molecular weight is 351 g/mol. The highest BCUT2D eigenvalue weighted by molar-refractivity contribution is 7.90. The van der Waals surface area contributed by atoms with Crippen LogP contribution in [-0.2, 0) is 9.84 Å². The fraction of sp³-hybridized carbons (Fsp3) is 0.438. The maximum absolute atomic E-state index is 12.6. The Morgan fingerprint density at radius 1 is 1.29 bits per heavy atom. The summed E-state index contributed by atoms with van der Waals surface area (Å²) >= 11 is 0. The lowest BCUT2D eigenvalue weighted by Crippen LogP contribution is -2.33. The number of sulfone groups is 1. The van der Waals surface area contributed by atoms with Crippen LogP contribution in [0.5, 0.6) is 0 Å². The summed E-state index contributed by atoms with van der Waals surface area (Å²) in [6, 6.07) is 6.66. The minimum absolute atomic E-state index is 0.00849. The lowest BCUT2D eigenvalue weighted by molar-refractivity contribution is 0.0911. The second-order valence-electron chi connectivity index (χ2n) is 5.83. The standard InChI is InChI=1S/C16H21N3O4S/c1-5-10(2)13(15-18-19-16(23-15)24(4,21)22)17-14(20)12-9-7-6-8-11(12)3/h6-10,13H,5H2,1-4H3,(H,17,20)/t10-,13+/m1/s1. The van der Waals surface area contributed by atoms with Crippen LogP contribution in [0.4, 0.5) is 0 Å². The minimum Gasteiger partial charge on any atom is -0.410 e. The molecule has 2 rings (SSSR count). The number of carbonyl (C=O) groups excluding carboxylic acids is 1. The molecular formula is C16H21N3O4S. The fourth-order valence-corrected chi connectivity index (χ4v) is 2.65. The molecule has 2 aromatic rings. The maximum atomic E-state index is 12.6. The van der Waals surface area contributed by atoms with E-state index in [9.17, 15) is 13.2 Å². The number of carbonyl (C=O) groups is 1. The van der Waals surface area contributed by atoms with Gasteiger partial charge in [0.15, 0.2) is 0 Å². The molecule has 0 unspecified atom stereocenters. The Morgan fingerprint density at radius 2 is 1.96 bits per heavy atom. The average Bonchev–Trinajstić information content (AvgIpc) is 3.02. The number of amides is 1. The van der Waals surface area contributed by atoms with Gasteiger partial charge in [0, 0.05) is 11.8 Å². The van der Waals surface area contributed by atoms with Crippen LogP contribution in [0.2, 0.25) is 0 Å². The van der Waals surface area contributed by atoms with Gasteiger partial charge in [0.2, 0.25) is 15.7 Å². The van der Waals surface area contributed by atoms with E-state index in [2.05, 4.69) is 15.5 Å². The Labute approximate surface area is 141 Å². The number of aromatic nitrogens is 2. The molecule has 0 aliphatic heterocycles. The first kappa shape index (κ1) is 18.1. The molecule has 1 aromatic carbocycles. The lowest BCUT2D eigenvalue weighted by Gasteiger charge is -2.21. The van der Waals surface area contributed by atoms with Crippen LogP contribution in [0.25, 0.3) is 0 Å². The molecule has 8 heteroatoms. The highest BCUT2D eigenvalue weighted by Gasteiger charge is 2.28. The SMILES string of the molecule is CC[C@@H](C)[C@H](NC(=O)c1ccccc1C)c1nnc(S(C)(=O)=O)o1. The van der Waals surface area contributed by atoms with E-state index in [1.54, 1.807) is 12.1 Å². The van der Waals surface area contributed by atoms with Crippen LogP contribution in [0.15, 0.2) is 33.9 Å². The molecule has 1 N–H and O–H groups in total. The molecule has 1 aromatic heterocycles. The molecule has 0 saturated heterocycles. The molecule has 1 amide bonds. The number of nitrogens with zero attached hydrogens (tertiary/aromatic N) is 2. The van der Waals surface area contributed by atoms with E-state index in [1.165, 1.54) is 0 Å². The van der Waals surface area contributed by atoms with Gasteiger partial charge in [-0.25, -0.2) is 8.42 Å². The van der Waals surface area contributed by atoms with E-state index < -0.39 is 21.1 Å². The highest BCUT2D eigenvalue weighted by Crippen LogP contribution is 2.25. The van der Waals surface area contributed by atoms with E-state index in [0.29, 0.717) is 5.56 Å². The monoisotopic (exact) mass is 351 g/mol. The Bertz CT molecular complexity index is 829. The minimum atomic E-state index is -3.59. The molecule has 0 radical (unpaired) electrons. The van der Waals surface area contributed by atoms with Gasteiger partial charge in [-0.3, -0.25) is 4.79 Å². The van der Waals surface area contributed by atoms with Crippen LogP contribution < -0.4 is 5.32 Å². The third kappa shape index (κ3) is 4.00. The van der Waals surface area contributed by atoms with Crippen molar-refractivity contribution in [2.45, 2.75) is 38.5 Å². The van der Waals surface area contributed by atoms with E-state index in [-0.39, 0.29) is 17.7 Å². The second kappa shape index (κ2) is 7.12. The first-order valence-electron chi connectivity index (χ1n) is 7.64. The normalized spacial score (nSPS) is 14.2. The summed E-state index contributed by atoms with van der Waals surface area (Å²) in [6.45, 7) is 5.74. The molecule has 0 aliphatic carbocycles. The zero-order valence-electron chi connectivity index (χ0n) is 14.1. The van der Waals surface area contributed by atoms with Crippen molar-refractivity contribution in [2.24, 2.45) is 5.92 Å². The molecule has 24 heavy (non-hydrogen) atoms. The fourth-order valence-electron chi connectivity index (χ4n) is 2.23. The molecule has 1 heterocycles. The third-order valence-electron chi connectivity index (χ3n) is 3.89. The number of rotatable bonds is 6. The van der Waals surface area contributed by atoms with E-state index in [4.69, 9.17) is 4.42 Å². The van der Waals surface area contributed by atoms with Crippen LogP contribution in [-0.4, -0.2) is 30.8 Å². The highest BCUT2D eigenvalue weighted by atomic mass is 32.2. The van der Waals surface area contributed by atoms with E-state index in [1.807, 2.05) is 32.9 Å². The van der Waals surface area contributed by atoms with Crippen molar-refractivity contribution in [3.8, 4) is 0 Å². The van der Waals surface area contributed by atoms with Gasteiger partial charge in [-0.15, -0.1) is 5.10 Å². The third-order valence-corrected chi connectivity index (χ3v) is 4.69. The molecule has 0 bridgehead atoms. The Hall–Kier alpha value is -2.22. The molecule has 0 aliphatic rings. The molecule has 0 fully saturated rings. The zero-order chi connectivity index (χ0) is 17.9. The maximum Gasteiger partial charge on any atom is 0.335 e. The summed E-state index contributed by atoms with van der Waals surface area (Å²) in [5.41, 5.74) is 1.40. The quantitative estimate of drug-likeness (QED) is 0.857. The van der Waals surface area contributed by atoms with Gasteiger partial charge in [0.1, 0.15) is 6.04 Å². The van der Waals surface area contributed by atoms with Crippen molar-refractivity contribution in [1.29, 1.82) is 0 Å². The summed E-state index contributed by atoms with van der Waals surface area (Å²) in [5, 5.41) is 9.80. The summed E-state index contributed by atoms with van der Waals surface area (Å²) in [5.74, 6) is -0.185. The second-order valence-corrected chi connectivity index (χ2v) is 7.72. The van der Waals surface area contributed by atoms with Gasteiger partial charge < -0.3 is 9.73 Å². The molecule has 0 spiro atoms. The number of aryl methyl sites for hydroxylation is 1. The first-order valence-corrected chi connectivity index (χ1v) is 9.53. The van der Waals surface area contributed by atoms with Gasteiger partial charge in [0.25, 0.3) is 5.91 Å². The summed E-state index contributed by atoms with van der Waals surface area (Å²) in [7, 11) is -3.59. The van der Waals surface area contributed by atoms with Crippen LogP contribution in [0, 0.1) is 12.8 Å². The first-order chi connectivity index (χ1) is 11.2. The Balaban J connectivity index is 2.31. The van der Waals surface area contributed by atoms with Gasteiger partial charge in [-0.1, -0.05) is 43.6 Å². The number of hydrogen-bond donors (Lipinski definition) is 1. The predicted molar refractivity (Wildman–Crippen MR) is 88.2 cm³/mol. The van der Waals surface area contributed by atoms with Crippen molar-refractivity contribution in [3.63, 3.8) is 0 Å². The Morgan fingerprint density at radius 3 is 2.50 bits per heavy atom. The lowest BCUT2D eigenvalue weighted by atomic mass is 9.98. The zero-order valence-corrected chi connectivity index (χ0v) is 14.9. The van der Waals surface area contributed by atoms with Crippen molar-refractivity contribution in [2.75, 3.05) is 6.26 Å². The van der Waals surface area contributed by atoms with Crippen LogP contribution in [0.3, 0.4) is 0 Å².